The van der Waals surface area contributed by atoms with Crippen molar-refractivity contribution >= 4 is 11.9 Å². The van der Waals surface area contributed by atoms with Gasteiger partial charge in [0.15, 0.2) is 0 Å². The van der Waals surface area contributed by atoms with Gasteiger partial charge in [0.25, 0.3) is 0 Å². The molecule has 14 heteroatoms. The number of aliphatic hydroxyl groups is 8. The SMILES string of the molecule is COCCC[C@@](C)(CC[C@@H](C)[C@H]1CC[C@H]2[C@@H]3CC=C4C[C@@](C)(O)CC[C@]4(C)[C@H]3CC[C@]12C)OC(=O)c1ccccc1.COCCC[C@@](C)(O)CC[C@@H](C)[C@H]1CC[C@H]2[C@@H]3CC=C4C[C@@](C)(O)CC[C@]4(C)[C@H]3CC[C@]12C.C[C@H](CC[C@](C)(CCCO)OC(=O)c1ccccc1)[C@H]1CC[C@H]2[C@@H]3CC=C4C[C@@](C)(O)CC[C@]4(C)[C@H]3CC[C@]12C.C[C@H](CC[C@](C)(O)CCCO)[C@H]1CC[C@H]2[C@@H]3CC=C4C[C@@](C)(O)CC[C@]4(C)[C@H]3CC[C@]12C. The van der Waals surface area contributed by atoms with Crippen LogP contribution in [0.15, 0.2) is 107 Å². The van der Waals surface area contributed by atoms with E-state index in [0.717, 1.165) is 249 Å². The molecule has 16 aliphatic carbocycles. The molecule has 14 nitrogen and oxygen atoms in total. The molecular formula is C132H212O14. The number of carbonyl (C=O) groups excluding carboxylic acids is 2. The monoisotopic (exact) mass is 2020 g/mol. The van der Waals surface area contributed by atoms with Crippen LogP contribution in [-0.2, 0) is 18.9 Å². The molecule has 0 radical (unpaired) electrons. The van der Waals surface area contributed by atoms with Crippen LogP contribution in [0.25, 0.3) is 0 Å². The van der Waals surface area contributed by atoms with Gasteiger partial charge in [-0.2, -0.15) is 0 Å². The van der Waals surface area contributed by atoms with Crippen LogP contribution in [0.2, 0.25) is 0 Å². The lowest BCUT2D eigenvalue weighted by Crippen LogP contribution is -2.52. The first-order valence-corrected chi connectivity index (χ1v) is 60.5. The summed E-state index contributed by atoms with van der Waals surface area (Å²) in [5.74, 6) is 14.6. The zero-order chi connectivity index (χ0) is 106. The van der Waals surface area contributed by atoms with Gasteiger partial charge in [0.2, 0.25) is 0 Å². The highest BCUT2D eigenvalue weighted by molar-refractivity contribution is 5.90. The third kappa shape index (κ3) is 24.5. The molecule has 12 saturated carbocycles. The predicted octanol–water partition coefficient (Wildman–Crippen LogP) is 30.1. The van der Waals surface area contributed by atoms with Crippen LogP contribution in [0, 0.1) is 162 Å². The number of methoxy groups -OCH3 is 2. The summed E-state index contributed by atoms with van der Waals surface area (Å²) in [5, 5.41) is 83.3. The van der Waals surface area contributed by atoms with Crippen LogP contribution >= 0.6 is 0 Å². The summed E-state index contributed by atoms with van der Waals surface area (Å²) in [5.41, 5.74) is 5.98. The molecule has 12 fully saturated rings. The van der Waals surface area contributed by atoms with E-state index in [2.05, 4.69) is 121 Å². The first kappa shape index (κ1) is 116. The average Bonchev–Trinajstić information content (AvgIpc) is 1.39. The number of benzene rings is 2. The molecule has 0 bridgehead atoms. The van der Waals surface area contributed by atoms with Crippen molar-refractivity contribution in [3.05, 3.63) is 118 Å². The quantitative estimate of drug-likeness (QED) is 0.0185. The Kier molecular flexibility index (Phi) is 36.2. The van der Waals surface area contributed by atoms with E-state index in [0.29, 0.717) is 105 Å². The van der Waals surface area contributed by atoms with Crippen LogP contribution in [0.5, 0.6) is 0 Å². The van der Waals surface area contributed by atoms with E-state index >= 15 is 0 Å². The zero-order valence-electron chi connectivity index (χ0n) is 96.4. The fourth-order valence-electron chi connectivity index (χ4n) is 38.6. The van der Waals surface area contributed by atoms with Crippen molar-refractivity contribution in [2.75, 3.05) is 40.6 Å². The predicted molar refractivity (Wildman–Crippen MR) is 593 cm³/mol. The number of aliphatic hydroxyl groups excluding tert-OH is 2. The summed E-state index contributed by atoms with van der Waals surface area (Å²) >= 11 is 0. The minimum atomic E-state index is -0.644. The third-order valence-corrected chi connectivity index (χ3v) is 47.6. The highest BCUT2D eigenvalue weighted by Crippen LogP contribution is 2.74. The fraction of sp³-hybridized carbons (Fsp3) is 0.833. The normalized spacial score (nSPS) is 42.0. The van der Waals surface area contributed by atoms with Crippen molar-refractivity contribution in [1.82, 2.24) is 0 Å². The molecule has 2 aromatic carbocycles. The second-order valence-corrected chi connectivity index (χ2v) is 58.0. The van der Waals surface area contributed by atoms with E-state index in [1.165, 1.54) is 128 Å². The maximum atomic E-state index is 13.1. The summed E-state index contributed by atoms with van der Waals surface area (Å²) in [6.45, 7) is 48.4. The molecule has 0 amide bonds. The zero-order valence-corrected chi connectivity index (χ0v) is 96.4. The van der Waals surface area contributed by atoms with Crippen molar-refractivity contribution in [1.29, 1.82) is 0 Å². The number of fused-ring (bicyclic) bond motifs is 20. The Morgan fingerprint density at radius 3 is 0.836 bits per heavy atom. The lowest BCUT2D eigenvalue weighted by atomic mass is 9.46. The molecule has 16 aliphatic rings. The molecule has 8 N–H and O–H groups in total. The summed E-state index contributed by atoms with van der Waals surface area (Å²) in [6.07, 6.45) is 62.6. The highest BCUT2D eigenvalue weighted by Gasteiger charge is 2.66. The summed E-state index contributed by atoms with van der Waals surface area (Å²) in [6, 6.07) is 18.7. The van der Waals surface area contributed by atoms with Gasteiger partial charge in [-0.1, -0.05) is 166 Å². The Bertz CT molecular complexity index is 4770. The van der Waals surface area contributed by atoms with Crippen molar-refractivity contribution in [3.63, 3.8) is 0 Å². The van der Waals surface area contributed by atoms with Gasteiger partial charge in [-0.15, -0.1) is 0 Å². The molecule has 0 aliphatic heterocycles. The Labute approximate surface area is 888 Å². The molecule has 36 atom stereocenters. The number of ether oxygens (including phenoxy) is 4. The van der Waals surface area contributed by atoms with E-state index in [9.17, 15) is 45.3 Å². The Hall–Kier alpha value is -4.06. The van der Waals surface area contributed by atoms with Gasteiger partial charge >= 0.3 is 11.9 Å². The minimum absolute atomic E-state index is 0.117. The van der Waals surface area contributed by atoms with Crippen LogP contribution < -0.4 is 0 Å². The first-order chi connectivity index (χ1) is 68.7. The molecule has 0 aromatic heterocycles. The minimum Gasteiger partial charge on any atom is -0.456 e. The number of esters is 2. The Balaban J connectivity index is 0.000000147. The number of rotatable bonds is 34. The lowest BCUT2D eigenvalue weighted by Gasteiger charge is -2.59. The van der Waals surface area contributed by atoms with E-state index in [1.807, 2.05) is 102 Å². The second-order valence-electron chi connectivity index (χ2n) is 58.0. The molecule has 146 heavy (non-hydrogen) atoms. The number of allylic oxidation sites excluding steroid dienone is 4. The molecule has 2 aromatic rings. The van der Waals surface area contributed by atoms with E-state index in [1.54, 1.807) is 36.5 Å². The lowest BCUT2D eigenvalue weighted by molar-refractivity contribution is -0.0721. The van der Waals surface area contributed by atoms with E-state index in [-0.39, 0.29) is 36.0 Å². The highest BCUT2D eigenvalue weighted by atomic mass is 16.6. The molecule has 0 unspecified atom stereocenters. The van der Waals surface area contributed by atoms with Crippen LogP contribution in [0.3, 0.4) is 0 Å². The van der Waals surface area contributed by atoms with Gasteiger partial charge in [0, 0.05) is 40.6 Å². The molecule has 0 saturated heterocycles. The number of hydrogen-bond acceptors (Lipinski definition) is 14. The number of carbonyl (C=O) groups is 2. The van der Waals surface area contributed by atoms with Crippen molar-refractivity contribution in [2.45, 2.75) is 491 Å². The Morgan fingerprint density at radius 1 is 0.322 bits per heavy atom. The van der Waals surface area contributed by atoms with Crippen LogP contribution in [-0.4, -0.2) is 138 Å². The van der Waals surface area contributed by atoms with Gasteiger partial charge in [-0.25, -0.2) is 9.59 Å². The molecule has 0 heterocycles. The van der Waals surface area contributed by atoms with Gasteiger partial charge in [-0.05, 0) is 550 Å². The van der Waals surface area contributed by atoms with Crippen LogP contribution in [0.1, 0.15) is 467 Å². The van der Waals surface area contributed by atoms with Gasteiger partial charge < -0.3 is 59.8 Å². The largest absolute Gasteiger partial charge is 0.456 e. The second kappa shape index (κ2) is 45.6. The van der Waals surface area contributed by atoms with Crippen molar-refractivity contribution < 1.29 is 69.4 Å². The summed E-state index contributed by atoms with van der Waals surface area (Å²) in [7, 11) is 3.48. The number of hydrogen-bond donors (Lipinski definition) is 8. The third-order valence-electron chi connectivity index (χ3n) is 47.6. The topological polar surface area (TPSA) is 233 Å². The average molecular weight is 2020 g/mol. The van der Waals surface area contributed by atoms with Gasteiger partial charge in [0.1, 0.15) is 11.2 Å². The van der Waals surface area contributed by atoms with Crippen LogP contribution in [0.4, 0.5) is 0 Å². The maximum absolute atomic E-state index is 13.1. The molecule has 824 valence electrons. The summed E-state index contributed by atoms with van der Waals surface area (Å²) < 4.78 is 22.9. The maximum Gasteiger partial charge on any atom is 0.338 e. The molecule has 18 rings (SSSR count). The first-order valence-electron chi connectivity index (χ1n) is 60.5. The molecular weight excluding hydrogens is 1810 g/mol. The van der Waals surface area contributed by atoms with Gasteiger partial charge in [0.05, 0.1) is 44.7 Å². The van der Waals surface area contributed by atoms with E-state index < -0.39 is 44.8 Å². The fourth-order valence-corrected chi connectivity index (χ4v) is 38.6. The smallest absolute Gasteiger partial charge is 0.338 e. The van der Waals surface area contributed by atoms with Crippen molar-refractivity contribution in [2.24, 2.45) is 162 Å². The van der Waals surface area contributed by atoms with E-state index in [4.69, 9.17) is 24.1 Å². The molecule has 0 spiro atoms. The summed E-state index contributed by atoms with van der Waals surface area (Å²) in [4.78, 5) is 26.0. The van der Waals surface area contributed by atoms with Crippen molar-refractivity contribution in [3.8, 4) is 0 Å². The standard InChI is InChI=1S/C37H56O4.C36H54O4.C30H52O3.C29H50O3/c1-26(17-20-35(3,19-10-24-40-6)41-33(38)27-11-8-7-9-12-27)30-15-16-31-29-14-13-28-25-34(2,39)22-23-36(28,4)32(29)18-21-37(30,31)5;1-25(16-19-34(3,18-9-23-37)40-32(38)26-10-7-6-8-11-26)29-14-15-30-28-13-12-27-24-33(2,39)21-22-35(27,4)31(28)17-20-36(29,30)5;1-21(12-15-27(2,31)14-7-19-33-6)24-10-11-25-23-9-8-22-20-28(3,32)17-18-29(22,4)26(23)13-16-30(24,25)5;1-20(11-14-26(2,31)13-6-18-30)23-9-10-24-22-8-7-21-19-27(3,32)16-17-28(21,4)25(22)12-15-29(23,24)5/h7-9,11-13,26,29-32,39H,10,14-25H2,1-6H3;6-8,10-12,25,28-31,37,39H,9,13-24H2,1-5H3;8,21,23-26,31-32H,7,9-20H2,1-6H3;7,20,22-25,30-32H,6,8-19H2,1-5H3/t26-,29+,30-,31+,32+,34+,35+,36+,37-;25-,28+,29-,30+,31+,33+,34+,35+,36-;21-,23+,24-,25+,26+,27-,28+,29+,30-;20-,22+,23-,24+,25+,26-,27+,28+,29-/m1111/s1. The Morgan fingerprint density at radius 2 is 0.568 bits per heavy atom. The van der Waals surface area contributed by atoms with Gasteiger partial charge in [-0.3, -0.25) is 0 Å².